The van der Waals surface area contributed by atoms with Crippen LogP contribution >= 0.6 is 0 Å². The van der Waals surface area contributed by atoms with Crippen molar-refractivity contribution in [2.45, 2.75) is 18.8 Å². The van der Waals surface area contributed by atoms with Crippen molar-refractivity contribution in [3.05, 3.63) is 65.6 Å². The molecule has 2 aliphatic heterocycles. The summed E-state index contributed by atoms with van der Waals surface area (Å²) in [5.74, 6) is 0.281. The molecule has 3 aromatic rings. The summed E-state index contributed by atoms with van der Waals surface area (Å²) in [4.78, 5) is 31.9. The number of rotatable bonds is 2. The van der Waals surface area contributed by atoms with E-state index in [1.54, 1.807) is 29.0 Å². The maximum atomic E-state index is 13.5. The molecule has 3 unspecified atom stereocenters. The van der Waals surface area contributed by atoms with Crippen LogP contribution in [-0.4, -0.2) is 60.1 Å². The smallest absolute Gasteiger partial charge is 0.274 e. The van der Waals surface area contributed by atoms with Gasteiger partial charge in [0.15, 0.2) is 11.3 Å². The second kappa shape index (κ2) is 7.23. The van der Waals surface area contributed by atoms with Gasteiger partial charge < -0.3 is 4.90 Å². The Labute approximate surface area is 185 Å². The van der Waals surface area contributed by atoms with Crippen LogP contribution in [0, 0.1) is 11.8 Å². The highest BCUT2D eigenvalue weighted by atomic mass is 32.2. The van der Waals surface area contributed by atoms with Gasteiger partial charge in [-0.15, -0.1) is 0 Å². The molecule has 6 rings (SSSR count). The zero-order valence-corrected chi connectivity index (χ0v) is 18.3. The van der Waals surface area contributed by atoms with Crippen LogP contribution < -0.4 is 0 Å². The Morgan fingerprint density at radius 1 is 1.09 bits per heavy atom. The Bertz CT molecular complexity index is 1320. The Balaban J connectivity index is 1.18. The van der Waals surface area contributed by atoms with Crippen LogP contribution in [0.25, 0.3) is 5.65 Å². The number of hydrogen-bond acceptors (Lipinski definition) is 5. The van der Waals surface area contributed by atoms with Crippen LogP contribution in [0.5, 0.6) is 0 Å². The van der Waals surface area contributed by atoms with Gasteiger partial charge >= 0.3 is 0 Å². The van der Waals surface area contributed by atoms with E-state index in [1.807, 2.05) is 29.2 Å². The predicted molar refractivity (Wildman–Crippen MR) is 119 cm³/mol. The molecule has 164 valence electrons. The number of piperidine rings is 1. The molecule has 3 atom stereocenters. The Hall–Kier alpha value is -3.07. The molecular formula is C23H23N5O3S. The van der Waals surface area contributed by atoms with Crippen molar-refractivity contribution >= 4 is 27.2 Å². The number of benzene rings is 1. The number of aromatic nitrogens is 3. The van der Waals surface area contributed by atoms with Crippen LogP contribution in [-0.2, 0) is 20.9 Å². The van der Waals surface area contributed by atoms with Crippen molar-refractivity contribution in [3.63, 3.8) is 0 Å². The Morgan fingerprint density at radius 2 is 1.88 bits per heavy atom. The van der Waals surface area contributed by atoms with Crippen molar-refractivity contribution in [1.82, 2.24) is 19.5 Å². The molecule has 2 bridgehead atoms. The summed E-state index contributed by atoms with van der Waals surface area (Å²) in [5.41, 5.74) is 3.19. The minimum absolute atomic E-state index is 0.0827. The fourth-order valence-electron chi connectivity index (χ4n) is 5.41. The van der Waals surface area contributed by atoms with Crippen molar-refractivity contribution < 1.29 is 13.8 Å². The highest BCUT2D eigenvalue weighted by Gasteiger charge is 2.40. The molecule has 32 heavy (non-hydrogen) atoms. The lowest BCUT2D eigenvalue weighted by Gasteiger charge is -2.42. The van der Waals surface area contributed by atoms with Gasteiger partial charge in [0.2, 0.25) is 0 Å². The minimum Gasteiger partial charge on any atom is -0.337 e. The van der Waals surface area contributed by atoms with Crippen molar-refractivity contribution in [2.24, 2.45) is 16.2 Å². The van der Waals surface area contributed by atoms with Crippen LogP contribution in [0.1, 0.15) is 34.0 Å². The third-order valence-electron chi connectivity index (χ3n) is 6.77. The second-order valence-electron chi connectivity index (χ2n) is 9.12. The molecular weight excluding hydrogens is 426 g/mol. The van der Waals surface area contributed by atoms with Gasteiger partial charge in [0.05, 0.1) is 15.6 Å². The third-order valence-corrected chi connectivity index (χ3v) is 9.26. The Kier molecular flexibility index (Phi) is 4.43. The molecule has 8 nitrogen and oxygen atoms in total. The van der Waals surface area contributed by atoms with Crippen LogP contribution in [0.4, 0.5) is 0 Å². The fraction of sp³-hybridized carbons (Fsp3) is 0.391. The predicted octanol–water partition coefficient (Wildman–Crippen LogP) is 2.16. The molecule has 4 heterocycles. The number of carbonyl (C=O) groups excluding carboxylic acids is 2. The van der Waals surface area contributed by atoms with Gasteiger partial charge in [0, 0.05) is 43.1 Å². The summed E-state index contributed by atoms with van der Waals surface area (Å²) in [6.45, 7) is 1.03. The molecule has 9 heteroatoms. The molecule has 3 aliphatic rings. The summed E-state index contributed by atoms with van der Waals surface area (Å²) >= 11 is 0. The second-order valence-corrected chi connectivity index (χ2v) is 11.5. The highest BCUT2D eigenvalue weighted by molar-refractivity contribution is 7.93. The van der Waals surface area contributed by atoms with Crippen molar-refractivity contribution in [2.75, 3.05) is 24.6 Å². The zero-order chi connectivity index (χ0) is 21.9. The molecule has 0 spiro atoms. The van der Waals surface area contributed by atoms with Gasteiger partial charge in [-0.25, -0.2) is 13.7 Å². The third kappa shape index (κ3) is 3.31. The van der Waals surface area contributed by atoms with Crippen LogP contribution in [0.2, 0.25) is 0 Å². The Morgan fingerprint density at radius 3 is 2.62 bits per heavy atom. The van der Waals surface area contributed by atoms with Gasteiger partial charge in [-0.2, -0.15) is 9.46 Å². The first kappa shape index (κ1) is 19.6. The topological polar surface area (TPSA) is 97.0 Å². The average molecular weight is 450 g/mol. The van der Waals surface area contributed by atoms with E-state index in [0.717, 1.165) is 12.0 Å². The lowest BCUT2D eigenvalue weighted by Crippen LogP contribution is -2.51. The van der Waals surface area contributed by atoms with Gasteiger partial charge in [-0.1, -0.05) is 24.3 Å². The van der Waals surface area contributed by atoms with E-state index in [0.29, 0.717) is 42.4 Å². The lowest BCUT2D eigenvalue weighted by molar-refractivity contribution is -0.119. The lowest BCUT2D eigenvalue weighted by atomic mass is 9.77. The van der Waals surface area contributed by atoms with Crippen molar-refractivity contribution in [1.29, 1.82) is 0 Å². The standard InChI is InChI=1S/C23H23N5O3S/c29-22(19-9-17-4-1-2-5-18(17)19)26-32(31)13-15-8-16(14-32)12-27(11-15)23(30)20-10-21-24-6-3-7-28(21)25-20/h1-7,10,15-16,19H,8-9,11-14H2. The van der Waals surface area contributed by atoms with Crippen molar-refractivity contribution in [3.8, 4) is 0 Å². The number of likely N-dealkylation sites (tertiary alicyclic amines) is 1. The number of amides is 2. The first-order chi connectivity index (χ1) is 15.5. The van der Waals surface area contributed by atoms with E-state index in [1.165, 1.54) is 5.56 Å². The summed E-state index contributed by atoms with van der Waals surface area (Å²) in [5, 5.41) is 4.35. The van der Waals surface area contributed by atoms with Gasteiger partial charge in [0.25, 0.3) is 11.8 Å². The summed E-state index contributed by atoms with van der Waals surface area (Å²) < 4.78 is 19.4. The first-order valence-electron chi connectivity index (χ1n) is 10.9. The van der Waals surface area contributed by atoms with Crippen LogP contribution in [0.3, 0.4) is 0 Å². The van der Waals surface area contributed by atoms with E-state index < -0.39 is 9.73 Å². The molecule has 0 N–H and O–H groups in total. The monoisotopic (exact) mass is 449 g/mol. The molecule has 1 aliphatic carbocycles. The largest absolute Gasteiger partial charge is 0.337 e. The SMILES string of the molecule is O=C(N=S1(=O)CC2CC(CN(C(=O)c3cc4ncccn4n3)C2)C1)C1Cc2ccccc21. The van der Waals surface area contributed by atoms with E-state index in [-0.39, 0.29) is 29.6 Å². The number of fused-ring (bicyclic) bond motifs is 4. The molecule has 1 aromatic carbocycles. The summed E-state index contributed by atoms with van der Waals surface area (Å²) in [6, 6.07) is 11.3. The normalized spacial score (nSPS) is 28.6. The highest BCUT2D eigenvalue weighted by Crippen LogP contribution is 2.37. The zero-order valence-electron chi connectivity index (χ0n) is 17.5. The molecule has 2 saturated heterocycles. The van der Waals surface area contributed by atoms with E-state index in [4.69, 9.17) is 0 Å². The van der Waals surface area contributed by atoms with E-state index in [2.05, 4.69) is 14.4 Å². The maximum absolute atomic E-state index is 13.5. The summed E-state index contributed by atoms with van der Waals surface area (Å²) in [7, 11) is -2.60. The molecule has 2 amide bonds. The molecule has 0 saturated carbocycles. The number of hydrogen-bond donors (Lipinski definition) is 0. The molecule has 0 radical (unpaired) electrons. The quantitative estimate of drug-likeness (QED) is 0.597. The van der Waals surface area contributed by atoms with Gasteiger partial charge in [-0.05, 0) is 41.9 Å². The van der Waals surface area contributed by atoms with E-state index >= 15 is 0 Å². The van der Waals surface area contributed by atoms with E-state index in [9.17, 15) is 13.8 Å². The van der Waals surface area contributed by atoms with Gasteiger partial charge in [0.1, 0.15) is 0 Å². The molecule has 2 fully saturated rings. The average Bonchev–Trinajstić information content (AvgIpc) is 3.17. The fourth-order valence-corrected chi connectivity index (χ4v) is 8.10. The number of carbonyl (C=O) groups is 2. The minimum atomic E-state index is -2.60. The number of nitrogens with zero attached hydrogens (tertiary/aromatic N) is 5. The maximum Gasteiger partial charge on any atom is 0.274 e. The van der Waals surface area contributed by atoms with Gasteiger partial charge in [-0.3, -0.25) is 9.59 Å². The first-order valence-corrected chi connectivity index (χ1v) is 12.8. The molecule has 2 aromatic heterocycles. The van der Waals surface area contributed by atoms with Crippen LogP contribution in [0.15, 0.2) is 53.2 Å². The summed E-state index contributed by atoms with van der Waals surface area (Å²) in [6.07, 6.45) is 5.03.